The highest BCUT2D eigenvalue weighted by atomic mass is 16.1. The maximum absolute atomic E-state index is 11.3. The van der Waals surface area contributed by atoms with E-state index in [1.807, 2.05) is 36.1 Å². The summed E-state index contributed by atoms with van der Waals surface area (Å²) in [6.45, 7) is 4.19. The first-order valence-electron chi connectivity index (χ1n) is 7.08. The number of hydrogen-bond acceptors (Lipinski definition) is 3. The topological polar surface area (TPSA) is 78.5 Å². The van der Waals surface area contributed by atoms with Gasteiger partial charge in [-0.25, -0.2) is 4.79 Å². The summed E-state index contributed by atoms with van der Waals surface area (Å²) >= 11 is 0. The van der Waals surface area contributed by atoms with E-state index in [-0.39, 0.29) is 11.7 Å². The van der Waals surface area contributed by atoms with Gasteiger partial charge in [0.15, 0.2) is 0 Å². The normalized spacial score (nSPS) is 12.7. The second-order valence-corrected chi connectivity index (χ2v) is 5.27. The zero-order valence-electron chi connectivity index (χ0n) is 12.4. The Labute approximate surface area is 122 Å². The highest BCUT2D eigenvalue weighted by molar-refractivity contribution is 5.75. The molecule has 2 aromatic heterocycles. The van der Waals surface area contributed by atoms with E-state index in [0.29, 0.717) is 0 Å². The van der Waals surface area contributed by atoms with Crippen LogP contribution in [0.1, 0.15) is 31.1 Å². The largest absolute Gasteiger partial charge is 0.376 e. The molecule has 0 amide bonds. The van der Waals surface area contributed by atoms with Crippen LogP contribution in [0.25, 0.3) is 11.0 Å². The van der Waals surface area contributed by atoms with Crippen LogP contribution in [0.4, 0.5) is 5.69 Å². The minimum absolute atomic E-state index is 0.127. The Morgan fingerprint density at radius 2 is 2.10 bits per heavy atom. The first-order chi connectivity index (χ1) is 10.1. The van der Waals surface area contributed by atoms with Gasteiger partial charge in [-0.1, -0.05) is 13.0 Å². The van der Waals surface area contributed by atoms with Crippen LogP contribution in [0.3, 0.4) is 0 Å². The molecular formula is C15H19N5O. The predicted molar refractivity (Wildman–Crippen MR) is 83.5 cm³/mol. The highest BCUT2D eigenvalue weighted by Gasteiger charge is 2.11. The van der Waals surface area contributed by atoms with Crippen molar-refractivity contribution in [2.75, 3.05) is 5.32 Å². The van der Waals surface area contributed by atoms with Gasteiger partial charge in [0.25, 0.3) is 0 Å². The van der Waals surface area contributed by atoms with Crippen molar-refractivity contribution >= 4 is 16.7 Å². The summed E-state index contributed by atoms with van der Waals surface area (Å²) in [6, 6.07) is 6.06. The third-order valence-corrected chi connectivity index (χ3v) is 3.65. The molecule has 3 N–H and O–H groups in total. The Morgan fingerprint density at radius 3 is 2.86 bits per heavy atom. The molecule has 6 heteroatoms. The summed E-state index contributed by atoms with van der Waals surface area (Å²) in [4.78, 5) is 16.8. The number of aryl methyl sites for hydroxylation is 2. The molecular weight excluding hydrogens is 266 g/mol. The molecule has 0 fully saturated rings. The van der Waals surface area contributed by atoms with Crippen molar-refractivity contribution in [3.63, 3.8) is 0 Å². The number of H-pyrrole nitrogens is 2. The van der Waals surface area contributed by atoms with Gasteiger partial charge in [-0.15, -0.1) is 0 Å². The number of imidazole rings is 1. The molecule has 1 atom stereocenters. The lowest BCUT2D eigenvalue weighted by molar-refractivity contribution is 0.746. The molecule has 6 nitrogen and oxygen atoms in total. The van der Waals surface area contributed by atoms with E-state index < -0.39 is 0 Å². The monoisotopic (exact) mass is 285 g/mol. The molecule has 2 heterocycles. The Hall–Kier alpha value is -2.50. The van der Waals surface area contributed by atoms with E-state index in [1.54, 1.807) is 0 Å². The van der Waals surface area contributed by atoms with Crippen LogP contribution in [0.5, 0.6) is 0 Å². The molecule has 0 radical (unpaired) electrons. The van der Waals surface area contributed by atoms with E-state index in [2.05, 4.69) is 34.2 Å². The van der Waals surface area contributed by atoms with E-state index in [4.69, 9.17) is 0 Å². The van der Waals surface area contributed by atoms with Gasteiger partial charge in [0.05, 0.1) is 22.4 Å². The summed E-state index contributed by atoms with van der Waals surface area (Å²) in [6.07, 6.45) is 2.88. The minimum atomic E-state index is -0.178. The summed E-state index contributed by atoms with van der Waals surface area (Å²) in [7, 11) is 1.92. The number of aromatic nitrogens is 4. The fourth-order valence-corrected chi connectivity index (χ4v) is 2.55. The molecule has 0 aliphatic heterocycles. The van der Waals surface area contributed by atoms with Crippen LogP contribution in [-0.2, 0) is 13.5 Å². The SMILES string of the molecule is CCc1nn(C)cc1NC(C)c1ccc2[nH]c(=O)[nH]c2c1. The summed E-state index contributed by atoms with van der Waals surface area (Å²) in [5, 5.41) is 7.92. The third-order valence-electron chi connectivity index (χ3n) is 3.65. The first-order valence-corrected chi connectivity index (χ1v) is 7.08. The van der Waals surface area contributed by atoms with Crippen LogP contribution in [0.15, 0.2) is 29.2 Å². The maximum atomic E-state index is 11.3. The molecule has 1 aromatic carbocycles. The standard InChI is InChI=1S/C15H19N5O/c1-4-11-14(8-20(3)19-11)16-9(2)10-5-6-12-13(7-10)18-15(21)17-12/h5-9,16H,4H2,1-3H3,(H2,17,18,21). The smallest absolute Gasteiger partial charge is 0.323 e. The van der Waals surface area contributed by atoms with Crippen molar-refractivity contribution in [2.24, 2.45) is 7.05 Å². The fraction of sp³-hybridized carbons (Fsp3) is 0.333. The zero-order chi connectivity index (χ0) is 15.0. The van der Waals surface area contributed by atoms with Crippen molar-refractivity contribution in [1.82, 2.24) is 19.7 Å². The van der Waals surface area contributed by atoms with Gasteiger partial charge in [0, 0.05) is 19.3 Å². The Morgan fingerprint density at radius 1 is 1.33 bits per heavy atom. The molecule has 0 spiro atoms. The molecule has 3 rings (SSSR count). The van der Waals surface area contributed by atoms with E-state index in [0.717, 1.165) is 34.4 Å². The number of nitrogens with one attached hydrogen (secondary N) is 3. The first kappa shape index (κ1) is 13.5. The van der Waals surface area contributed by atoms with E-state index >= 15 is 0 Å². The molecule has 0 aliphatic rings. The third kappa shape index (κ3) is 2.56. The van der Waals surface area contributed by atoms with Crippen LogP contribution in [-0.4, -0.2) is 19.7 Å². The van der Waals surface area contributed by atoms with Gasteiger partial charge in [-0.3, -0.25) is 4.68 Å². The number of fused-ring (bicyclic) bond motifs is 1. The second-order valence-electron chi connectivity index (χ2n) is 5.27. The van der Waals surface area contributed by atoms with Crippen LogP contribution in [0.2, 0.25) is 0 Å². The Kier molecular flexibility index (Phi) is 3.29. The van der Waals surface area contributed by atoms with Crippen molar-refractivity contribution < 1.29 is 0 Å². The molecule has 21 heavy (non-hydrogen) atoms. The van der Waals surface area contributed by atoms with Crippen molar-refractivity contribution in [2.45, 2.75) is 26.3 Å². The number of rotatable bonds is 4. The average molecular weight is 285 g/mol. The Balaban J connectivity index is 1.88. The molecule has 0 aliphatic carbocycles. The van der Waals surface area contributed by atoms with Gasteiger partial charge < -0.3 is 15.3 Å². The molecule has 0 bridgehead atoms. The number of aromatic amines is 2. The van der Waals surface area contributed by atoms with E-state index in [1.165, 1.54) is 0 Å². The maximum Gasteiger partial charge on any atom is 0.323 e. The van der Waals surface area contributed by atoms with E-state index in [9.17, 15) is 4.79 Å². The number of anilines is 1. The summed E-state index contributed by atoms with van der Waals surface area (Å²) in [5.41, 5.74) is 4.70. The van der Waals surface area contributed by atoms with Crippen LogP contribution >= 0.6 is 0 Å². The molecule has 1 unspecified atom stereocenters. The molecule has 0 saturated heterocycles. The number of hydrogen-bond donors (Lipinski definition) is 3. The lowest BCUT2D eigenvalue weighted by Crippen LogP contribution is -2.07. The van der Waals surface area contributed by atoms with Crippen LogP contribution < -0.4 is 11.0 Å². The lowest BCUT2D eigenvalue weighted by atomic mass is 10.1. The molecule has 3 aromatic rings. The Bertz CT molecular complexity index is 826. The van der Waals surface area contributed by atoms with Crippen LogP contribution in [0, 0.1) is 0 Å². The summed E-state index contributed by atoms with van der Waals surface area (Å²) in [5.74, 6) is 0. The molecule has 0 saturated carbocycles. The fourth-order valence-electron chi connectivity index (χ4n) is 2.55. The highest BCUT2D eigenvalue weighted by Crippen LogP contribution is 2.23. The average Bonchev–Trinajstić information content (AvgIpc) is 2.99. The van der Waals surface area contributed by atoms with Gasteiger partial charge >= 0.3 is 5.69 Å². The molecule has 110 valence electrons. The van der Waals surface area contributed by atoms with Crippen molar-refractivity contribution in [3.05, 3.63) is 46.1 Å². The lowest BCUT2D eigenvalue weighted by Gasteiger charge is -2.15. The number of nitrogens with zero attached hydrogens (tertiary/aromatic N) is 2. The van der Waals surface area contributed by atoms with Crippen molar-refractivity contribution in [1.29, 1.82) is 0 Å². The second kappa shape index (κ2) is 5.12. The van der Waals surface area contributed by atoms with Gasteiger partial charge in [-0.05, 0) is 31.0 Å². The summed E-state index contributed by atoms with van der Waals surface area (Å²) < 4.78 is 1.82. The predicted octanol–water partition coefficient (Wildman–Crippen LogP) is 2.33. The van der Waals surface area contributed by atoms with Gasteiger partial charge in [0.2, 0.25) is 0 Å². The minimum Gasteiger partial charge on any atom is -0.376 e. The van der Waals surface area contributed by atoms with Crippen molar-refractivity contribution in [3.8, 4) is 0 Å². The van der Waals surface area contributed by atoms with Gasteiger partial charge in [0.1, 0.15) is 0 Å². The van der Waals surface area contributed by atoms with Gasteiger partial charge in [-0.2, -0.15) is 5.10 Å². The quantitative estimate of drug-likeness (QED) is 0.688. The number of benzene rings is 1. The zero-order valence-corrected chi connectivity index (χ0v) is 12.4.